The van der Waals surface area contributed by atoms with Gasteiger partial charge in [0.15, 0.2) is 12.4 Å². The maximum absolute atomic E-state index is 11.9. The number of nitrogens with one attached hydrogen (secondary N) is 2. The van der Waals surface area contributed by atoms with E-state index in [4.69, 9.17) is 4.74 Å². The highest BCUT2D eigenvalue weighted by atomic mass is 16.5. The van der Waals surface area contributed by atoms with E-state index in [-0.39, 0.29) is 24.2 Å². The highest BCUT2D eigenvalue weighted by Crippen LogP contribution is 2.16. The molecule has 2 aromatic rings. The molecule has 2 N–H and O–H groups in total. The molecule has 0 aromatic heterocycles. The first-order valence-electron chi connectivity index (χ1n) is 7.35. The number of carbonyl (C=O) groups is 3. The van der Waals surface area contributed by atoms with Crippen LogP contribution in [0.4, 0.5) is 11.4 Å². The quantitative estimate of drug-likeness (QED) is 0.799. The van der Waals surface area contributed by atoms with E-state index in [0.717, 1.165) is 0 Å². The molecule has 2 aromatic carbocycles. The van der Waals surface area contributed by atoms with Gasteiger partial charge in [0.05, 0.1) is 0 Å². The van der Waals surface area contributed by atoms with E-state index >= 15 is 0 Å². The van der Waals surface area contributed by atoms with Gasteiger partial charge in [-0.05, 0) is 37.3 Å². The number of ketones is 1. The number of carbonyl (C=O) groups excluding carboxylic acids is 3. The van der Waals surface area contributed by atoms with Crippen molar-refractivity contribution in [3.05, 3.63) is 54.1 Å². The third-order valence-corrected chi connectivity index (χ3v) is 3.08. The summed E-state index contributed by atoms with van der Waals surface area (Å²) in [6, 6.07) is 13.4. The van der Waals surface area contributed by atoms with E-state index in [1.807, 2.05) is 0 Å². The van der Waals surface area contributed by atoms with Crippen LogP contribution in [0.2, 0.25) is 0 Å². The largest absolute Gasteiger partial charge is 0.484 e. The molecule has 24 heavy (non-hydrogen) atoms. The first kappa shape index (κ1) is 17.2. The van der Waals surface area contributed by atoms with Gasteiger partial charge in [-0.2, -0.15) is 0 Å². The smallest absolute Gasteiger partial charge is 0.262 e. The monoisotopic (exact) mass is 326 g/mol. The number of hydrogen-bond acceptors (Lipinski definition) is 4. The standard InChI is InChI=1S/C18H18N2O4/c1-12(21)14-5-3-8-17(9-14)24-11-18(23)20-16-7-4-6-15(10-16)19-13(2)22/h3-10H,11H2,1-2H3,(H,19,22)(H,20,23). The molecular formula is C18H18N2O4. The van der Waals surface area contributed by atoms with Crippen molar-refractivity contribution in [1.82, 2.24) is 0 Å². The number of amides is 2. The summed E-state index contributed by atoms with van der Waals surface area (Å²) in [6.07, 6.45) is 0. The lowest BCUT2D eigenvalue weighted by atomic mass is 10.1. The molecule has 0 fully saturated rings. The van der Waals surface area contributed by atoms with Crippen molar-refractivity contribution < 1.29 is 19.1 Å². The highest BCUT2D eigenvalue weighted by Gasteiger charge is 2.06. The first-order valence-corrected chi connectivity index (χ1v) is 7.35. The molecule has 0 aliphatic carbocycles. The summed E-state index contributed by atoms with van der Waals surface area (Å²) in [5.41, 5.74) is 1.67. The van der Waals surface area contributed by atoms with Gasteiger partial charge in [0.25, 0.3) is 5.91 Å². The molecule has 124 valence electrons. The highest BCUT2D eigenvalue weighted by molar-refractivity contribution is 5.95. The van der Waals surface area contributed by atoms with Crippen LogP contribution in [0.25, 0.3) is 0 Å². The van der Waals surface area contributed by atoms with Gasteiger partial charge in [-0.15, -0.1) is 0 Å². The topological polar surface area (TPSA) is 84.5 Å². The van der Waals surface area contributed by atoms with E-state index < -0.39 is 0 Å². The molecule has 0 atom stereocenters. The van der Waals surface area contributed by atoms with Crippen molar-refractivity contribution in [2.24, 2.45) is 0 Å². The molecule has 0 aliphatic heterocycles. The van der Waals surface area contributed by atoms with Crippen LogP contribution >= 0.6 is 0 Å². The van der Waals surface area contributed by atoms with Crippen LogP contribution in [0, 0.1) is 0 Å². The lowest BCUT2D eigenvalue weighted by Gasteiger charge is -2.09. The molecule has 0 heterocycles. The fraction of sp³-hybridized carbons (Fsp3) is 0.167. The zero-order chi connectivity index (χ0) is 17.5. The molecule has 0 bridgehead atoms. The first-order chi connectivity index (χ1) is 11.4. The van der Waals surface area contributed by atoms with Crippen LogP contribution in [0.3, 0.4) is 0 Å². The summed E-state index contributed by atoms with van der Waals surface area (Å²) in [7, 11) is 0. The third-order valence-electron chi connectivity index (χ3n) is 3.08. The van der Waals surface area contributed by atoms with Crippen LogP contribution in [0.1, 0.15) is 24.2 Å². The fourth-order valence-electron chi connectivity index (χ4n) is 2.03. The molecule has 2 amide bonds. The minimum atomic E-state index is -0.344. The van der Waals surface area contributed by atoms with Gasteiger partial charge in [-0.25, -0.2) is 0 Å². The lowest BCUT2D eigenvalue weighted by Crippen LogP contribution is -2.20. The van der Waals surface area contributed by atoms with E-state index in [1.165, 1.54) is 13.8 Å². The minimum absolute atomic E-state index is 0.0697. The Morgan fingerprint density at radius 3 is 2.25 bits per heavy atom. The molecule has 0 saturated heterocycles. The number of ether oxygens (including phenoxy) is 1. The molecule has 2 rings (SSSR count). The van der Waals surface area contributed by atoms with Crippen LogP contribution in [0.5, 0.6) is 5.75 Å². The Morgan fingerprint density at radius 2 is 1.58 bits per heavy atom. The van der Waals surface area contributed by atoms with Gasteiger partial charge < -0.3 is 15.4 Å². The lowest BCUT2D eigenvalue weighted by molar-refractivity contribution is -0.118. The van der Waals surface area contributed by atoms with Crippen LogP contribution in [-0.2, 0) is 9.59 Å². The number of rotatable bonds is 6. The molecular weight excluding hydrogens is 308 g/mol. The van der Waals surface area contributed by atoms with Crippen molar-refractivity contribution in [3.63, 3.8) is 0 Å². The maximum Gasteiger partial charge on any atom is 0.262 e. The van der Waals surface area contributed by atoms with Gasteiger partial charge in [-0.3, -0.25) is 14.4 Å². The van der Waals surface area contributed by atoms with Crippen molar-refractivity contribution in [3.8, 4) is 5.75 Å². The molecule has 0 saturated carbocycles. The van der Waals surface area contributed by atoms with Crippen molar-refractivity contribution in [2.45, 2.75) is 13.8 Å². The Kier molecular flexibility index (Phi) is 5.68. The Balaban J connectivity index is 1.93. The van der Waals surface area contributed by atoms with Gasteiger partial charge in [0.2, 0.25) is 5.91 Å². The fourth-order valence-corrected chi connectivity index (χ4v) is 2.03. The second kappa shape index (κ2) is 7.92. The predicted molar refractivity (Wildman–Crippen MR) is 91.3 cm³/mol. The van der Waals surface area contributed by atoms with Crippen molar-refractivity contribution in [1.29, 1.82) is 0 Å². The molecule has 0 unspecified atom stereocenters. The molecule has 6 heteroatoms. The summed E-state index contributed by atoms with van der Waals surface area (Å²) in [5.74, 6) is -0.153. The summed E-state index contributed by atoms with van der Waals surface area (Å²) in [5, 5.41) is 5.32. The van der Waals surface area contributed by atoms with E-state index in [0.29, 0.717) is 22.7 Å². The van der Waals surface area contributed by atoms with Gasteiger partial charge in [0, 0.05) is 23.9 Å². The molecule has 0 aliphatic rings. The summed E-state index contributed by atoms with van der Waals surface area (Å²) in [4.78, 5) is 34.3. The minimum Gasteiger partial charge on any atom is -0.484 e. The van der Waals surface area contributed by atoms with Gasteiger partial charge in [0.1, 0.15) is 5.75 Å². The van der Waals surface area contributed by atoms with E-state index in [9.17, 15) is 14.4 Å². The second-order valence-electron chi connectivity index (χ2n) is 5.18. The van der Waals surface area contributed by atoms with Gasteiger partial charge >= 0.3 is 0 Å². The average Bonchev–Trinajstić information content (AvgIpc) is 2.53. The summed E-state index contributed by atoms with van der Waals surface area (Å²) in [6.45, 7) is 2.69. The van der Waals surface area contributed by atoms with E-state index in [2.05, 4.69) is 10.6 Å². The maximum atomic E-state index is 11.9. The number of Topliss-reactive ketones (excluding diaryl/α,β-unsaturated/α-hetero) is 1. The average molecular weight is 326 g/mol. The number of benzene rings is 2. The Morgan fingerprint density at radius 1 is 0.917 bits per heavy atom. The van der Waals surface area contributed by atoms with Gasteiger partial charge in [-0.1, -0.05) is 18.2 Å². The zero-order valence-electron chi connectivity index (χ0n) is 13.5. The normalized spacial score (nSPS) is 9.92. The van der Waals surface area contributed by atoms with Crippen LogP contribution in [0.15, 0.2) is 48.5 Å². The molecule has 6 nitrogen and oxygen atoms in total. The van der Waals surface area contributed by atoms with Crippen molar-refractivity contribution in [2.75, 3.05) is 17.2 Å². The Hall–Kier alpha value is -3.15. The second-order valence-corrected chi connectivity index (χ2v) is 5.18. The SMILES string of the molecule is CC(=O)Nc1cccc(NC(=O)COc2cccc(C(C)=O)c2)c1. The zero-order valence-corrected chi connectivity index (χ0v) is 13.5. The number of hydrogen-bond donors (Lipinski definition) is 2. The van der Waals surface area contributed by atoms with Crippen molar-refractivity contribution >= 4 is 29.0 Å². The summed E-state index contributed by atoms with van der Waals surface area (Å²) < 4.78 is 5.39. The van der Waals surface area contributed by atoms with E-state index in [1.54, 1.807) is 48.5 Å². The molecule has 0 spiro atoms. The predicted octanol–water partition coefficient (Wildman–Crippen LogP) is 2.87. The van der Waals surface area contributed by atoms with Crippen LogP contribution in [-0.4, -0.2) is 24.2 Å². The Bertz CT molecular complexity index is 771. The summed E-state index contributed by atoms with van der Waals surface area (Å²) >= 11 is 0. The number of anilines is 2. The third kappa shape index (κ3) is 5.24. The van der Waals surface area contributed by atoms with Crippen LogP contribution < -0.4 is 15.4 Å². The molecule has 0 radical (unpaired) electrons. The Labute approximate surface area is 139 Å².